The maximum Gasteiger partial charge on any atom is 0.277 e. The lowest BCUT2D eigenvalue weighted by Crippen LogP contribution is -2.20. The van der Waals surface area contributed by atoms with Gasteiger partial charge in [-0.3, -0.25) is 14.9 Å². The molecule has 0 unspecified atom stereocenters. The molecule has 0 bridgehead atoms. The van der Waals surface area contributed by atoms with Gasteiger partial charge in [-0.1, -0.05) is 0 Å². The zero-order valence-corrected chi connectivity index (χ0v) is 13.0. The van der Waals surface area contributed by atoms with Crippen LogP contribution in [-0.4, -0.2) is 31.3 Å². The fourth-order valence-electron chi connectivity index (χ4n) is 1.97. The third-order valence-electron chi connectivity index (χ3n) is 3.06. The van der Waals surface area contributed by atoms with Gasteiger partial charge in [-0.2, -0.15) is 5.10 Å². The highest BCUT2D eigenvalue weighted by atomic mass is 16.6. The predicted octanol–water partition coefficient (Wildman–Crippen LogP) is 1.90. The molecule has 2 aromatic rings. The number of benzene rings is 1. The zero-order chi connectivity index (χ0) is 17.5. The Labute approximate surface area is 137 Å². The number of hydrogen-bond donors (Lipinski definition) is 1. The average Bonchev–Trinajstić information content (AvgIpc) is 3.07. The van der Waals surface area contributed by atoms with E-state index in [1.165, 1.54) is 38.8 Å². The normalized spacial score (nSPS) is 10.6. The summed E-state index contributed by atoms with van der Waals surface area (Å²) in [6.45, 7) is 0. The van der Waals surface area contributed by atoms with Gasteiger partial charge in [-0.15, -0.1) is 0 Å². The molecule has 0 fully saturated rings. The second kappa shape index (κ2) is 7.77. The number of amides is 1. The summed E-state index contributed by atoms with van der Waals surface area (Å²) >= 11 is 0. The molecule has 1 N–H and O–H groups in total. The molecule has 2 rings (SSSR count). The number of nitro benzene ring substituents is 1. The largest absolute Gasteiger partial charge is 0.493 e. The summed E-state index contributed by atoms with van der Waals surface area (Å²) in [6, 6.07) is 5.95. The molecule has 0 atom stereocenters. The van der Waals surface area contributed by atoms with Crippen LogP contribution in [0, 0.1) is 10.1 Å². The number of carbonyl (C=O) groups excluding carboxylic acids is 1. The lowest BCUT2D eigenvalue weighted by Gasteiger charge is -2.10. The van der Waals surface area contributed by atoms with Crippen molar-refractivity contribution in [1.29, 1.82) is 0 Å². The van der Waals surface area contributed by atoms with Gasteiger partial charge in [0.15, 0.2) is 11.5 Å². The Bertz CT molecular complexity index is 755. The molecule has 0 radical (unpaired) electrons. The number of hydrogen-bond acceptors (Lipinski definition) is 7. The Hall–Kier alpha value is -3.36. The van der Waals surface area contributed by atoms with Crippen molar-refractivity contribution in [3.63, 3.8) is 0 Å². The van der Waals surface area contributed by atoms with E-state index in [4.69, 9.17) is 13.9 Å². The van der Waals surface area contributed by atoms with Crippen molar-refractivity contribution in [2.75, 3.05) is 14.2 Å². The number of methoxy groups -OCH3 is 2. The number of nitrogens with one attached hydrogen (secondary N) is 1. The fourth-order valence-corrected chi connectivity index (χ4v) is 1.97. The number of hydrazone groups is 1. The average molecular weight is 333 g/mol. The first-order valence-electron chi connectivity index (χ1n) is 6.80. The van der Waals surface area contributed by atoms with E-state index in [0.717, 1.165) is 0 Å². The maximum atomic E-state index is 11.9. The minimum atomic E-state index is -0.587. The second-order valence-corrected chi connectivity index (χ2v) is 4.58. The summed E-state index contributed by atoms with van der Waals surface area (Å²) < 4.78 is 15.2. The summed E-state index contributed by atoms with van der Waals surface area (Å²) in [5.41, 5.74) is 2.22. The van der Waals surface area contributed by atoms with Crippen LogP contribution in [-0.2, 0) is 11.2 Å². The van der Waals surface area contributed by atoms with Gasteiger partial charge in [0, 0.05) is 5.56 Å². The Kier molecular flexibility index (Phi) is 5.50. The van der Waals surface area contributed by atoms with E-state index in [0.29, 0.717) is 11.5 Å². The van der Waals surface area contributed by atoms with Gasteiger partial charge in [0.25, 0.3) is 5.69 Å². The summed E-state index contributed by atoms with van der Waals surface area (Å²) in [7, 11) is 2.78. The van der Waals surface area contributed by atoms with Gasteiger partial charge >= 0.3 is 0 Å². The van der Waals surface area contributed by atoms with Gasteiger partial charge in [-0.05, 0) is 18.2 Å². The molecule has 0 saturated heterocycles. The Morgan fingerprint density at radius 3 is 2.67 bits per heavy atom. The molecule has 0 aliphatic heterocycles. The SMILES string of the molecule is COc1cc(CC(=O)NN=Cc2ccco2)c([N+](=O)[O-])cc1OC. The van der Waals surface area contributed by atoms with Gasteiger partial charge in [0.1, 0.15) is 5.76 Å². The topological polar surface area (TPSA) is 116 Å². The smallest absolute Gasteiger partial charge is 0.277 e. The Balaban J connectivity index is 2.15. The molecule has 1 aromatic heterocycles. The van der Waals surface area contributed by atoms with Crippen LogP contribution in [0.15, 0.2) is 40.0 Å². The molecule has 1 heterocycles. The zero-order valence-electron chi connectivity index (χ0n) is 13.0. The number of nitro groups is 1. The molecule has 24 heavy (non-hydrogen) atoms. The van der Waals surface area contributed by atoms with Crippen molar-refractivity contribution in [1.82, 2.24) is 5.43 Å². The van der Waals surface area contributed by atoms with Crippen molar-refractivity contribution in [2.45, 2.75) is 6.42 Å². The van der Waals surface area contributed by atoms with Crippen LogP contribution < -0.4 is 14.9 Å². The van der Waals surface area contributed by atoms with Gasteiger partial charge in [0.2, 0.25) is 5.91 Å². The minimum absolute atomic E-state index is 0.184. The number of furan rings is 1. The highest BCUT2D eigenvalue weighted by molar-refractivity contribution is 5.82. The van der Waals surface area contributed by atoms with Crippen molar-refractivity contribution in [2.24, 2.45) is 5.10 Å². The van der Waals surface area contributed by atoms with Crippen molar-refractivity contribution in [3.05, 3.63) is 52.0 Å². The molecular weight excluding hydrogens is 318 g/mol. The van der Waals surface area contributed by atoms with E-state index >= 15 is 0 Å². The number of rotatable bonds is 7. The number of carbonyl (C=O) groups is 1. The highest BCUT2D eigenvalue weighted by Gasteiger charge is 2.21. The van der Waals surface area contributed by atoms with Crippen LogP contribution in [0.5, 0.6) is 11.5 Å². The molecule has 126 valence electrons. The Morgan fingerprint density at radius 2 is 2.08 bits per heavy atom. The maximum absolute atomic E-state index is 11.9. The van der Waals surface area contributed by atoms with Crippen LogP contribution in [0.4, 0.5) is 5.69 Å². The molecule has 0 aliphatic carbocycles. The Morgan fingerprint density at radius 1 is 1.38 bits per heavy atom. The first-order valence-corrected chi connectivity index (χ1v) is 6.80. The summed E-state index contributed by atoms with van der Waals surface area (Å²) in [6.07, 6.45) is 2.54. The predicted molar refractivity (Wildman–Crippen MR) is 84.3 cm³/mol. The second-order valence-electron chi connectivity index (χ2n) is 4.58. The number of ether oxygens (including phenoxy) is 2. The molecule has 9 heteroatoms. The fraction of sp³-hybridized carbons (Fsp3) is 0.200. The van der Waals surface area contributed by atoms with E-state index in [1.54, 1.807) is 12.1 Å². The van der Waals surface area contributed by atoms with Gasteiger partial charge < -0.3 is 13.9 Å². The van der Waals surface area contributed by atoms with Gasteiger partial charge in [-0.25, -0.2) is 5.43 Å². The van der Waals surface area contributed by atoms with Crippen molar-refractivity contribution >= 4 is 17.8 Å². The van der Waals surface area contributed by atoms with Crippen LogP contribution in [0.25, 0.3) is 0 Å². The lowest BCUT2D eigenvalue weighted by atomic mass is 10.1. The van der Waals surface area contributed by atoms with Crippen molar-refractivity contribution < 1.29 is 23.6 Å². The summed E-state index contributed by atoms with van der Waals surface area (Å²) in [4.78, 5) is 22.5. The third kappa shape index (κ3) is 4.09. The number of nitrogens with zero attached hydrogens (tertiary/aromatic N) is 2. The van der Waals surface area contributed by atoms with E-state index in [-0.39, 0.29) is 23.4 Å². The minimum Gasteiger partial charge on any atom is -0.493 e. The van der Waals surface area contributed by atoms with Crippen molar-refractivity contribution in [3.8, 4) is 11.5 Å². The molecular formula is C15H15N3O6. The van der Waals surface area contributed by atoms with Crippen LogP contribution in [0.2, 0.25) is 0 Å². The third-order valence-corrected chi connectivity index (χ3v) is 3.06. The standard InChI is InChI=1S/C15H15N3O6/c1-22-13-6-10(12(18(20)21)8-14(13)23-2)7-15(19)17-16-9-11-4-3-5-24-11/h3-6,8-9H,7H2,1-2H3,(H,17,19). The van der Waals surface area contributed by atoms with Crippen LogP contribution >= 0.6 is 0 Å². The summed E-state index contributed by atoms with van der Waals surface area (Å²) in [5.74, 6) is 0.453. The molecule has 1 aromatic carbocycles. The van der Waals surface area contributed by atoms with E-state index in [9.17, 15) is 14.9 Å². The lowest BCUT2D eigenvalue weighted by molar-refractivity contribution is -0.385. The molecule has 1 amide bonds. The molecule has 0 aliphatic rings. The van der Waals surface area contributed by atoms with E-state index < -0.39 is 10.8 Å². The first kappa shape index (κ1) is 17.0. The summed E-state index contributed by atoms with van der Waals surface area (Å²) in [5, 5.41) is 14.9. The highest BCUT2D eigenvalue weighted by Crippen LogP contribution is 2.34. The molecule has 9 nitrogen and oxygen atoms in total. The van der Waals surface area contributed by atoms with Crippen LogP contribution in [0.1, 0.15) is 11.3 Å². The van der Waals surface area contributed by atoms with E-state index in [1.807, 2.05) is 0 Å². The quantitative estimate of drug-likeness (QED) is 0.470. The molecule has 0 spiro atoms. The monoisotopic (exact) mass is 333 g/mol. The van der Waals surface area contributed by atoms with E-state index in [2.05, 4.69) is 10.5 Å². The van der Waals surface area contributed by atoms with Gasteiger partial charge in [0.05, 0.1) is 44.1 Å². The van der Waals surface area contributed by atoms with Crippen LogP contribution in [0.3, 0.4) is 0 Å². The first-order chi connectivity index (χ1) is 11.5. The molecule has 0 saturated carbocycles.